The Hall–Kier alpha value is -4.57. The summed E-state index contributed by atoms with van der Waals surface area (Å²) in [6.07, 6.45) is 0.817. The Morgan fingerprint density at radius 3 is 2.34 bits per heavy atom. The quantitative estimate of drug-likeness (QED) is 0.137. The Morgan fingerprint density at radius 1 is 0.927 bits per heavy atom. The molecule has 0 radical (unpaired) electrons. The molecular weight excluding hydrogens is 544 g/mol. The summed E-state index contributed by atoms with van der Waals surface area (Å²) in [5.74, 6) is 0.358. The molecule has 1 aliphatic heterocycles. The number of aliphatic hydroxyl groups excluding tert-OH is 1. The number of thiazole rings is 1. The lowest BCUT2D eigenvalue weighted by molar-refractivity contribution is -0.132. The molecular formula is C31H30N2O7S. The summed E-state index contributed by atoms with van der Waals surface area (Å²) in [4.78, 5) is 33.3. The molecule has 3 aromatic carbocycles. The normalized spacial score (nSPS) is 16.3. The zero-order valence-electron chi connectivity index (χ0n) is 23.2. The highest BCUT2D eigenvalue weighted by molar-refractivity contribution is 7.22. The van der Waals surface area contributed by atoms with Gasteiger partial charge in [0.2, 0.25) is 0 Å². The SMILES string of the molecule is CCCOc1ccc(C2C(=C(O)c3ccc(OC)cc3)C(=O)C(=O)N2c2nc3ccc(OC)cc3s2)cc1OCC. The zero-order valence-corrected chi connectivity index (χ0v) is 24.0. The minimum Gasteiger partial charge on any atom is -0.507 e. The summed E-state index contributed by atoms with van der Waals surface area (Å²) < 4.78 is 23.1. The van der Waals surface area contributed by atoms with E-state index < -0.39 is 17.7 Å². The molecule has 1 unspecified atom stereocenters. The molecule has 1 saturated heterocycles. The van der Waals surface area contributed by atoms with Crippen molar-refractivity contribution >= 4 is 44.1 Å². The van der Waals surface area contributed by atoms with Gasteiger partial charge in [0.15, 0.2) is 16.6 Å². The lowest BCUT2D eigenvalue weighted by atomic mass is 9.95. The number of carbonyl (C=O) groups is 2. The van der Waals surface area contributed by atoms with Gasteiger partial charge in [0.25, 0.3) is 5.78 Å². The number of hydrogen-bond donors (Lipinski definition) is 1. The van der Waals surface area contributed by atoms with Crippen molar-refractivity contribution in [3.05, 3.63) is 77.4 Å². The van der Waals surface area contributed by atoms with Gasteiger partial charge in [-0.2, -0.15) is 0 Å². The first-order valence-electron chi connectivity index (χ1n) is 13.2. The second kappa shape index (κ2) is 11.9. The molecule has 1 N–H and O–H groups in total. The number of amides is 1. The van der Waals surface area contributed by atoms with E-state index in [1.54, 1.807) is 61.7 Å². The van der Waals surface area contributed by atoms with Crippen molar-refractivity contribution in [3.63, 3.8) is 0 Å². The fourth-order valence-electron chi connectivity index (χ4n) is 4.67. The van der Waals surface area contributed by atoms with Crippen LogP contribution in [0.25, 0.3) is 16.0 Å². The number of carbonyl (C=O) groups excluding carboxylic acids is 2. The number of aromatic nitrogens is 1. The van der Waals surface area contributed by atoms with E-state index in [9.17, 15) is 14.7 Å². The lowest BCUT2D eigenvalue weighted by Crippen LogP contribution is -2.29. The van der Waals surface area contributed by atoms with Gasteiger partial charge in [-0.3, -0.25) is 14.5 Å². The van der Waals surface area contributed by atoms with Crippen molar-refractivity contribution < 1.29 is 33.6 Å². The summed E-state index contributed by atoms with van der Waals surface area (Å²) in [7, 11) is 3.11. The largest absolute Gasteiger partial charge is 0.507 e. The smallest absolute Gasteiger partial charge is 0.301 e. The Balaban J connectivity index is 1.70. The standard InChI is InChI=1S/C31H30N2O7S/c1-5-15-40-23-14-9-19(16-24(23)39-6-2)27-26(28(34)18-7-10-20(37-3)11-8-18)29(35)30(36)33(27)31-32-22-13-12-21(38-4)17-25(22)41-31/h7-14,16-17,27,34H,5-6,15H2,1-4H3. The minimum absolute atomic E-state index is 0.0540. The van der Waals surface area contributed by atoms with Crippen molar-refractivity contribution in [1.82, 2.24) is 4.98 Å². The lowest BCUT2D eigenvalue weighted by Gasteiger charge is -2.24. The van der Waals surface area contributed by atoms with Gasteiger partial charge in [-0.05, 0) is 73.5 Å². The van der Waals surface area contributed by atoms with Gasteiger partial charge >= 0.3 is 5.91 Å². The third-order valence-electron chi connectivity index (χ3n) is 6.64. The number of hydrogen-bond acceptors (Lipinski definition) is 9. The van der Waals surface area contributed by atoms with Crippen molar-refractivity contribution in [2.45, 2.75) is 26.3 Å². The molecule has 212 valence electrons. The molecule has 5 rings (SSSR count). The molecule has 0 saturated carbocycles. The highest BCUT2D eigenvalue weighted by atomic mass is 32.1. The number of ketones is 1. The zero-order chi connectivity index (χ0) is 29.1. The maximum atomic E-state index is 13.7. The van der Waals surface area contributed by atoms with Gasteiger partial charge in [0, 0.05) is 5.56 Å². The predicted molar refractivity (Wildman–Crippen MR) is 157 cm³/mol. The summed E-state index contributed by atoms with van der Waals surface area (Å²) in [5, 5.41) is 11.8. The van der Waals surface area contributed by atoms with E-state index in [2.05, 4.69) is 4.98 Å². The molecule has 0 spiro atoms. The number of methoxy groups -OCH3 is 2. The van der Waals surface area contributed by atoms with Crippen LogP contribution in [-0.4, -0.2) is 49.2 Å². The number of fused-ring (bicyclic) bond motifs is 1. The molecule has 1 atom stereocenters. The molecule has 1 fully saturated rings. The summed E-state index contributed by atoms with van der Waals surface area (Å²) in [6.45, 7) is 4.76. The average molecular weight is 575 g/mol. The van der Waals surface area contributed by atoms with Crippen LogP contribution in [0.1, 0.15) is 37.4 Å². The van der Waals surface area contributed by atoms with Crippen LogP contribution in [-0.2, 0) is 9.59 Å². The molecule has 0 bridgehead atoms. The van der Waals surface area contributed by atoms with Gasteiger partial charge in [0.1, 0.15) is 17.3 Å². The molecule has 4 aromatic rings. The first-order chi connectivity index (χ1) is 19.9. The second-order valence-corrected chi connectivity index (χ2v) is 10.2. The van der Waals surface area contributed by atoms with Crippen molar-refractivity contribution in [2.75, 3.05) is 32.3 Å². The first kappa shape index (κ1) is 28.0. The molecule has 9 nitrogen and oxygen atoms in total. The monoisotopic (exact) mass is 574 g/mol. The van der Waals surface area contributed by atoms with E-state index in [1.165, 1.54) is 23.3 Å². The van der Waals surface area contributed by atoms with Gasteiger partial charge in [-0.1, -0.05) is 24.3 Å². The van der Waals surface area contributed by atoms with Gasteiger partial charge in [-0.25, -0.2) is 4.98 Å². The third-order valence-corrected chi connectivity index (χ3v) is 7.66. The maximum Gasteiger partial charge on any atom is 0.301 e. The van der Waals surface area contributed by atoms with E-state index in [1.807, 2.05) is 19.9 Å². The highest BCUT2D eigenvalue weighted by Crippen LogP contribution is 2.46. The molecule has 1 aliphatic rings. The second-order valence-electron chi connectivity index (χ2n) is 9.22. The minimum atomic E-state index is -0.973. The highest BCUT2D eigenvalue weighted by Gasteiger charge is 2.48. The fourth-order valence-corrected chi connectivity index (χ4v) is 5.69. The summed E-state index contributed by atoms with van der Waals surface area (Å²) in [5.41, 5.74) is 1.53. The summed E-state index contributed by atoms with van der Waals surface area (Å²) in [6, 6.07) is 16.3. The van der Waals surface area contributed by atoms with Crippen LogP contribution in [0.5, 0.6) is 23.0 Å². The fraction of sp³-hybridized carbons (Fsp3) is 0.258. The number of nitrogens with zero attached hydrogens (tertiary/aromatic N) is 2. The van der Waals surface area contributed by atoms with E-state index in [4.69, 9.17) is 18.9 Å². The molecule has 41 heavy (non-hydrogen) atoms. The number of anilines is 1. The van der Waals surface area contributed by atoms with Crippen LogP contribution in [0.3, 0.4) is 0 Å². The average Bonchev–Trinajstić information content (AvgIpc) is 3.53. The molecule has 0 aliphatic carbocycles. The van der Waals surface area contributed by atoms with Crippen LogP contribution in [0, 0.1) is 0 Å². The van der Waals surface area contributed by atoms with Crippen LogP contribution < -0.4 is 23.8 Å². The Bertz CT molecular complexity index is 1630. The number of Topliss-reactive ketones (excluding diaryl/α,β-unsaturated/α-hetero) is 1. The van der Waals surface area contributed by atoms with Crippen LogP contribution in [0.4, 0.5) is 5.13 Å². The topological polar surface area (TPSA) is 107 Å². The van der Waals surface area contributed by atoms with Gasteiger partial charge < -0.3 is 24.1 Å². The van der Waals surface area contributed by atoms with E-state index in [-0.39, 0.29) is 11.3 Å². The van der Waals surface area contributed by atoms with E-state index >= 15 is 0 Å². The van der Waals surface area contributed by atoms with Crippen molar-refractivity contribution in [3.8, 4) is 23.0 Å². The van der Waals surface area contributed by atoms with Gasteiger partial charge in [-0.15, -0.1) is 0 Å². The first-order valence-corrected chi connectivity index (χ1v) is 14.0. The number of aliphatic hydroxyl groups is 1. The predicted octanol–water partition coefficient (Wildman–Crippen LogP) is 6.13. The molecule has 1 amide bonds. The van der Waals surface area contributed by atoms with E-state index in [0.717, 1.165) is 11.1 Å². The van der Waals surface area contributed by atoms with Crippen molar-refractivity contribution in [2.24, 2.45) is 0 Å². The third kappa shape index (κ3) is 5.30. The van der Waals surface area contributed by atoms with Gasteiger partial charge in [0.05, 0.1) is 49.3 Å². The Labute approximate surface area is 241 Å². The van der Waals surface area contributed by atoms with Crippen LogP contribution in [0.2, 0.25) is 0 Å². The number of ether oxygens (including phenoxy) is 4. The molecule has 1 aromatic heterocycles. The maximum absolute atomic E-state index is 13.7. The Kier molecular flexibility index (Phi) is 8.11. The molecule has 10 heteroatoms. The van der Waals surface area contributed by atoms with Crippen molar-refractivity contribution in [1.29, 1.82) is 0 Å². The Morgan fingerprint density at radius 2 is 1.66 bits per heavy atom. The molecule has 2 heterocycles. The number of rotatable bonds is 10. The van der Waals surface area contributed by atoms with Crippen LogP contribution >= 0.6 is 11.3 Å². The van der Waals surface area contributed by atoms with E-state index in [0.29, 0.717) is 58.0 Å². The van der Waals surface area contributed by atoms with Crippen LogP contribution in [0.15, 0.2) is 66.2 Å². The summed E-state index contributed by atoms with van der Waals surface area (Å²) >= 11 is 1.26. The number of benzene rings is 3.